The highest BCUT2D eigenvalue weighted by Crippen LogP contribution is 2.25. The molecule has 0 aliphatic carbocycles. The third-order valence-electron chi connectivity index (χ3n) is 5.31. The molecule has 1 atom stereocenters. The third kappa shape index (κ3) is 4.78. The van der Waals surface area contributed by atoms with Crippen molar-refractivity contribution in [1.82, 2.24) is 15.0 Å². The van der Waals surface area contributed by atoms with Crippen LogP contribution >= 0.6 is 11.6 Å². The number of aryl methyl sites for hydroxylation is 1. The Kier molecular flexibility index (Phi) is 6.34. The quantitative estimate of drug-likeness (QED) is 0.656. The van der Waals surface area contributed by atoms with Gasteiger partial charge in [0.05, 0.1) is 10.6 Å². The van der Waals surface area contributed by atoms with Crippen LogP contribution in [0.5, 0.6) is 0 Å². The first-order valence-corrected chi connectivity index (χ1v) is 10.5. The van der Waals surface area contributed by atoms with Crippen molar-refractivity contribution in [3.8, 4) is 0 Å². The van der Waals surface area contributed by atoms with E-state index in [-0.39, 0.29) is 11.8 Å². The van der Waals surface area contributed by atoms with Crippen LogP contribution in [0.25, 0.3) is 0 Å². The number of amides is 2. The van der Waals surface area contributed by atoms with Crippen molar-refractivity contribution in [1.29, 1.82) is 0 Å². The highest BCUT2D eigenvalue weighted by molar-refractivity contribution is 6.33. The van der Waals surface area contributed by atoms with Crippen molar-refractivity contribution in [2.45, 2.75) is 13.0 Å². The van der Waals surface area contributed by atoms with Gasteiger partial charge in [0.1, 0.15) is 11.8 Å². The maximum atomic E-state index is 13.2. The predicted octanol–water partition coefficient (Wildman–Crippen LogP) is 3.77. The fourth-order valence-corrected chi connectivity index (χ4v) is 3.99. The molecule has 1 saturated heterocycles. The average molecular weight is 439 g/mol. The predicted molar refractivity (Wildman–Crippen MR) is 118 cm³/mol. The van der Waals surface area contributed by atoms with Gasteiger partial charge in [0.15, 0.2) is 5.82 Å². The first-order valence-electron chi connectivity index (χ1n) is 10.1. The van der Waals surface area contributed by atoms with E-state index in [9.17, 15) is 9.59 Å². The van der Waals surface area contributed by atoms with E-state index < -0.39 is 6.04 Å². The van der Waals surface area contributed by atoms with Gasteiger partial charge in [0.2, 0.25) is 5.91 Å². The summed E-state index contributed by atoms with van der Waals surface area (Å²) in [6.07, 6.45) is 0. The molecule has 1 aliphatic heterocycles. The van der Waals surface area contributed by atoms with Crippen molar-refractivity contribution in [2.24, 2.45) is 0 Å². The molecule has 1 fully saturated rings. The molecular weight excluding hydrogens is 416 g/mol. The number of piperazine rings is 1. The minimum atomic E-state index is -0.504. The first kappa shape index (κ1) is 21.1. The van der Waals surface area contributed by atoms with E-state index in [2.05, 4.69) is 15.4 Å². The molecule has 1 aliphatic rings. The van der Waals surface area contributed by atoms with E-state index in [0.717, 1.165) is 5.56 Å². The zero-order valence-corrected chi connectivity index (χ0v) is 17.9. The number of halogens is 1. The van der Waals surface area contributed by atoms with Crippen LogP contribution in [0.1, 0.15) is 27.7 Å². The molecule has 0 radical (unpaired) electrons. The van der Waals surface area contributed by atoms with Crippen molar-refractivity contribution in [2.75, 3.05) is 31.5 Å². The Hall–Kier alpha value is -3.16. The Labute approximate surface area is 185 Å². The summed E-state index contributed by atoms with van der Waals surface area (Å²) in [7, 11) is 0. The van der Waals surface area contributed by atoms with Gasteiger partial charge in [-0.1, -0.05) is 59.2 Å². The number of nitrogens with zero attached hydrogens (tertiary/aromatic N) is 3. The molecule has 4 rings (SSSR count). The van der Waals surface area contributed by atoms with Gasteiger partial charge >= 0.3 is 0 Å². The SMILES string of the molecule is Cc1cc(NC(=O)C(c2ccccc2)N2CCN(C(=O)c3ccccc3Cl)CC2)no1. The molecule has 0 bridgehead atoms. The second-order valence-electron chi connectivity index (χ2n) is 7.43. The average Bonchev–Trinajstić information content (AvgIpc) is 3.19. The molecule has 2 heterocycles. The Balaban J connectivity index is 1.49. The topological polar surface area (TPSA) is 78.7 Å². The summed E-state index contributed by atoms with van der Waals surface area (Å²) >= 11 is 6.19. The number of benzene rings is 2. The first-order chi connectivity index (χ1) is 15.0. The van der Waals surface area contributed by atoms with E-state index >= 15 is 0 Å². The van der Waals surface area contributed by atoms with E-state index in [1.54, 1.807) is 42.2 Å². The molecule has 2 aromatic carbocycles. The minimum Gasteiger partial charge on any atom is -0.360 e. The Bertz CT molecular complexity index is 1060. The van der Waals surface area contributed by atoms with Gasteiger partial charge in [-0.25, -0.2) is 0 Å². The summed E-state index contributed by atoms with van der Waals surface area (Å²) < 4.78 is 5.06. The number of hydrogen-bond donors (Lipinski definition) is 1. The van der Waals surface area contributed by atoms with Crippen LogP contribution in [0.2, 0.25) is 5.02 Å². The second-order valence-corrected chi connectivity index (χ2v) is 7.84. The Morgan fingerprint density at radius 1 is 1.03 bits per heavy atom. The fourth-order valence-electron chi connectivity index (χ4n) is 3.77. The third-order valence-corrected chi connectivity index (χ3v) is 5.64. The molecule has 8 heteroatoms. The van der Waals surface area contributed by atoms with E-state index in [4.69, 9.17) is 16.1 Å². The van der Waals surface area contributed by atoms with Crippen molar-refractivity contribution >= 4 is 29.2 Å². The lowest BCUT2D eigenvalue weighted by molar-refractivity contribution is -0.122. The molecule has 1 unspecified atom stereocenters. The molecule has 160 valence electrons. The molecule has 2 amide bonds. The number of rotatable bonds is 5. The molecule has 3 aromatic rings. The van der Waals surface area contributed by atoms with Crippen LogP contribution in [-0.4, -0.2) is 52.9 Å². The summed E-state index contributed by atoms with van der Waals surface area (Å²) in [6.45, 7) is 3.89. The highest BCUT2D eigenvalue weighted by atomic mass is 35.5. The molecule has 1 N–H and O–H groups in total. The lowest BCUT2D eigenvalue weighted by Gasteiger charge is -2.38. The molecule has 0 saturated carbocycles. The number of nitrogens with one attached hydrogen (secondary N) is 1. The second kappa shape index (κ2) is 9.32. The van der Waals surface area contributed by atoms with Gasteiger partial charge in [-0.2, -0.15) is 0 Å². The van der Waals surface area contributed by atoms with Gasteiger partial charge in [0, 0.05) is 32.2 Å². The van der Waals surface area contributed by atoms with Crippen LogP contribution < -0.4 is 5.32 Å². The summed E-state index contributed by atoms with van der Waals surface area (Å²) in [6, 6.07) is 17.8. The van der Waals surface area contributed by atoms with E-state index in [0.29, 0.717) is 48.3 Å². The molecule has 7 nitrogen and oxygen atoms in total. The summed E-state index contributed by atoms with van der Waals surface area (Å²) in [5.74, 6) is 0.726. The van der Waals surface area contributed by atoms with E-state index in [1.165, 1.54) is 0 Å². The standard InChI is InChI=1S/C23H23ClN4O3/c1-16-15-20(26-31-16)25-22(29)21(17-7-3-2-4-8-17)27-11-13-28(14-12-27)23(30)18-9-5-6-10-19(18)24/h2-10,15,21H,11-14H2,1H3,(H,25,26,29). The van der Waals surface area contributed by atoms with Crippen LogP contribution in [0.4, 0.5) is 5.82 Å². The molecule has 31 heavy (non-hydrogen) atoms. The van der Waals surface area contributed by atoms with Crippen LogP contribution in [0.3, 0.4) is 0 Å². The Morgan fingerprint density at radius 3 is 2.35 bits per heavy atom. The largest absolute Gasteiger partial charge is 0.360 e. The fraction of sp³-hybridized carbons (Fsp3) is 0.261. The normalized spacial score (nSPS) is 15.5. The summed E-state index contributed by atoms with van der Waals surface area (Å²) in [5, 5.41) is 7.15. The van der Waals surface area contributed by atoms with Crippen LogP contribution in [0.15, 0.2) is 65.2 Å². The van der Waals surface area contributed by atoms with Gasteiger partial charge in [-0.3, -0.25) is 14.5 Å². The van der Waals surface area contributed by atoms with E-state index in [1.807, 2.05) is 30.3 Å². The number of carbonyl (C=O) groups is 2. The monoisotopic (exact) mass is 438 g/mol. The minimum absolute atomic E-state index is 0.0935. The van der Waals surface area contributed by atoms with Crippen molar-refractivity contribution in [3.63, 3.8) is 0 Å². The lowest BCUT2D eigenvalue weighted by atomic mass is 10.0. The highest BCUT2D eigenvalue weighted by Gasteiger charge is 2.32. The van der Waals surface area contributed by atoms with Gasteiger partial charge in [-0.15, -0.1) is 0 Å². The number of aromatic nitrogens is 1. The lowest BCUT2D eigenvalue weighted by Crippen LogP contribution is -2.51. The molecular formula is C23H23ClN4O3. The van der Waals surface area contributed by atoms with Crippen LogP contribution in [-0.2, 0) is 4.79 Å². The maximum Gasteiger partial charge on any atom is 0.255 e. The van der Waals surface area contributed by atoms with Gasteiger partial charge in [-0.05, 0) is 24.6 Å². The van der Waals surface area contributed by atoms with Gasteiger partial charge < -0.3 is 14.7 Å². The number of hydrogen-bond acceptors (Lipinski definition) is 5. The molecule has 1 aromatic heterocycles. The summed E-state index contributed by atoms with van der Waals surface area (Å²) in [4.78, 5) is 29.9. The maximum absolute atomic E-state index is 13.2. The Morgan fingerprint density at radius 2 is 1.71 bits per heavy atom. The zero-order chi connectivity index (χ0) is 21.8. The smallest absolute Gasteiger partial charge is 0.255 e. The number of anilines is 1. The van der Waals surface area contributed by atoms with Crippen molar-refractivity contribution < 1.29 is 14.1 Å². The van der Waals surface area contributed by atoms with Gasteiger partial charge in [0.25, 0.3) is 5.91 Å². The van der Waals surface area contributed by atoms with Crippen LogP contribution in [0, 0.1) is 6.92 Å². The van der Waals surface area contributed by atoms with Crippen molar-refractivity contribution in [3.05, 3.63) is 82.6 Å². The zero-order valence-electron chi connectivity index (χ0n) is 17.1. The molecule has 0 spiro atoms. The number of carbonyl (C=O) groups excluding carboxylic acids is 2. The summed E-state index contributed by atoms with van der Waals surface area (Å²) in [5.41, 5.74) is 1.38.